The Kier molecular flexibility index (Phi) is 10.6. The highest BCUT2D eigenvalue weighted by molar-refractivity contribution is 5.95. The van der Waals surface area contributed by atoms with E-state index in [0.29, 0.717) is 24.5 Å². The number of benzene rings is 2. The Bertz CT molecular complexity index is 1730. The smallest absolute Gasteiger partial charge is 0.407 e. The number of carbonyl (C=O) groups excluding carboxylic acids is 4. The fourth-order valence-electron chi connectivity index (χ4n) is 8.70. The molecule has 1 aromatic heterocycles. The molecule has 12 nitrogen and oxygen atoms in total. The van der Waals surface area contributed by atoms with Crippen LogP contribution in [0, 0.1) is 17.8 Å². The molecule has 4 atom stereocenters. The first-order chi connectivity index (χ1) is 24.5. The van der Waals surface area contributed by atoms with E-state index in [1.54, 1.807) is 19.2 Å². The zero-order valence-corrected chi connectivity index (χ0v) is 29.2. The van der Waals surface area contributed by atoms with Gasteiger partial charge in [0.1, 0.15) is 24.9 Å². The minimum Gasteiger partial charge on any atom is -0.445 e. The number of primary amides is 1. The van der Waals surface area contributed by atoms with E-state index in [0.717, 1.165) is 75.3 Å². The van der Waals surface area contributed by atoms with Gasteiger partial charge in [-0.15, -0.1) is 0 Å². The lowest BCUT2D eigenvalue weighted by molar-refractivity contribution is -0.129. The van der Waals surface area contributed by atoms with Gasteiger partial charge in [0.05, 0.1) is 10.8 Å². The van der Waals surface area contributed by atoms with Gasteiger partial charge in [0.25, 0.3) is 0 Å². The highest BCUT2D eigenvalue weighted by Gasteiger charge is 2.56. The number of anilines is 1. The normalized spacial score (nSPS) is 27.2. The number of hydrogen-bond acceptors (Lipinski definition) is 8. The summed E-state index contributed by atoms with van der Waals surface area (Å²) in [5.74, 6) is 0.896. The number of aryl methyl sites for hydroxylation is 1. The second-order valence-electron chi connectivity index (χ2n) is 14.9. The molecule has 4 fully saturated rings. The van der Waals surface area contributed by atoms with Crippen LogP contribution < -0.4 is 21.7 Å². The zero-order chi connectivity index (χ0) is 36.0. The third kappa shape index (κ3) is 8.49. The number of nitrogens with zero attached hydrogens (tertiary/aromatic N) is 2. The summed E-state index contributed by atoms with van der Waals surface area (Å²) in [5, 5.41) is 9.04. The van der Waals surface area contributed by atoms with Crippen LogP contribution in [0.25, 0.3) is 0 Å². The maximum atomic E-state index is 13.1. The number of amides is 4. The molecular formula is C39H48N6O6. The molecule has 4 unspecified atom stereocenters. The Morgan fingerprint density at radius 1 is 0.686 bits per heavy atom. The van der Waals surface area contributed by atoms with Crippen molar-refractivity contribution in [2.24, 2.45) is 16.6 Å². The second kappa shape index (κ2) is 15.1. The maximum absolute atomic E-state index is 13.1. The number of nitrogens with two attached hydrogens (primary N) is 1. The molecule has 1 heterocycles. The lowest BCUT2D eigenvalue weighted by Crippen LogP contribution is -2.51. The summed E-state index contributed by atoms with van der Waals surface area (Å²) in [6.45, 7) is 2.28. The topological polar surface area (TPSA) is 175 Å². The molecule has 5 N–H and O–H groups in total. The number of rotatable bonds is 9. The summed E-state index contributed by atoms with van der Waals surface area (Å²) in [7, 11) is 0. The number of fused-ring (bicyclic) bond motifs is 4. The van der Waals surface area contributed by atoms with Crippen LogP contribution in [-0.4, -0.2) is 45.0 Å². The Morgan fingerprint density at radius 3 is 1.73 bits per heavy atom. The maximum Gasteiger partial charge on any atom is 0.407 e. The summed E-state index contributed by atoms with van der Waals surface area (Å²) in [6.07, 6.45) is 10.4. The van der Waals surface area contributed by atoms with Crippen molar-refractivity contribution >= 4 is 29.8 Å². The number of carbonyl (C=O) groups is 4. The summed E-state index contributed by atoms with van der Waals surface area (Å²) < 4.78 is 10.7. The van der Waals surface area contributed by atoms with E-state index < -0.39 is 23.0 Å². The lowest BCUT2D eigenvalue weighted by atomic mass is 9.72. The molecular weight excluding hydrogens is 648 g/mol. The highest BCUT2D eigenvalue weighted by Crippen LogP contribution is 2.55. The third-order valence-electron chi connectivity index (χ3n) is 11.3. The van der Waals surface area contributed by atoms with Crippen molar-refractivity contribution in [1.82, 2.24) is 20.6 Å². The highest BCUT2D eigenvalue weighted by atomic mass is 16.6. The van der Waals surface area contributed by atoms with E-state index >= 15 is 0 Å². The number of hydrogen-bond donors (Lipinski definition) is 4. The Labute approximate surface area is 298 Å². The number of nitrogens with one attached hydrogen (secondary N) is 3. The predicted octanol–water partition coefficient (Wildman–Crippen LogP) is 6.23. The standard InChI is InChI=1S/C22H26N4O3.C17H22N2O3/c1-16-23-13-8-18(24-16)25-19(27)21-9-5-10-22(15-21,12-11-21)26-20(28)29-14-17-6-3-2-4-7-17;18-14(20)16-7-4-8-17(12-16,10-9-16)19-15(21)22-11-13-5-2-1-3-6-13/h2-4,6-8,13H,5,9-12,14-15H2,1H3,(H,26,28)(H,23,24,25,27);1-3,5-6H,4,7-12H2,(H2,18,20)(H,19,21). The van der Waals surface area contributed by atoms with Gasteiger partial charge in [-0.25, -0.2) is 19.6 Å². The lowest BCUT2D eigenvalue weighted by Gasteiger charge is -2.38. The quantitative estimate of drug-likeness (QED) is 0.204. The van der Waals surface area contributed by atoms with Gasteiger partial charge in [-0.3, -0.25) is 9.59 Å². The molecule has 3 aromatic rings. The van der Waals surface area contributed by atoms with E-state index in [9.17, 15) is 19.2 Å². The van der Waals surface area contributed by atoms with Crippen molar-refractivity contribution in [2.45, 2.75) is 108 Å². The predicted molar refractivity (Wildman–Crippen MR) is 190 cm³/mol. The van der Waals surface area contributed by atoms with Crippen molar-refractivity contribution in [3.63, 3.8) is 0 Å². The number of ether oxygens (including phenoxy) is 2. The second-order valence-corrected chi connectivity index (χ2v) is 14.9. The van der Waals surface area contributed by atoms with Gasteiger partial charge in [-0.2, -0.15) is 0 Å². The molecule has 7 rings (SSSR count). The van der Waals surface area contributed by atoms with E-state index in [4.69, 9.17) is 15.2 Å². The monoisotopic (exact) mass is 696 g/mol. The van der Waals surface area contributed by atoms with Crippen LogP contribution in [-0.2, 0) is 32.3 Å². The van der Waals surface area contributed by atoms with Crippen molar-refractivity contribution in [1.29, 1.82) is 0 Å². The Morgan fingerprint density at radius 2 is 1.20 bits per heavy atom. The summed E-state index contributed by atoms with van der Waals surface area (Å²) in [4.78, 5) is 57.7. The first kappa shape index (κ1) is 35.8. The van der Waals surface area contributed by atoms with Crippen molar-refractivity contribution in [2.75, 3.05) is 5.32 Å². The molecule has 12 heteroatoms. The molecule has 4 aliphatic rings. The van der Waals surface area contributed by atoms with Gasteiger partial charge in [0.2, 0.25) is 11.8 Å². The molecule has 4 saturated carbocycles. The molecule has 4 aliphatic carbocycles. The molecule has 2 aromatic carbocycles. The molecule has 0 saturated heterocycles. The van der Waals surface area contributed by atoms with Gasteiger partial charge in [-0.1, -0.05) is 73.5 Å². The molecule has 270 valence electrons. The molecule has 4 bridgehead atoms. The molecule has 0 aliphatic heterocycles. The van der Waals surface area contributed by atoms with Crippen molar-refractivity contribution in [3.05, 3.63) is 89.9 Å². The van der Waals surface area contributed by atoms with Crippen LogP contribution in [0.2, 0.25) is 0 Å². The molecule has 51 heavy (non-hydrogen) atoms. The first-order valence-corrected chi connectivity index (χ1v) is 17.9. The SMILES string of the molecule is Cc1nccc(NC(=O)C23CCCC(NC(=O)OCc4ccccc4)(CC2)C3)n1.NC(=O)C12CCCC(NC(=O)OCc3ccccc3)(CC1)C2. The van der Waals surface area contributed by atoms with E-state index in [2.05, 4.69) is 25.9 Å². The van der Waals surface area contributed by atoms with Crippen LogP contribution in [0.4, 0.5) is 15.4 Å². The minimum absolute atomic E-state index is 0.0170. The number of alkyl carbamates (subject to hydrolysis) is 2. The van der Waals surface area contributed by atoms with Crippen LogP contribution >= 0.6 is 0 Å². The van der Waals surface area contributed by atoms with Crippen LogP contribution in [0.3, 0.4) is 0 Å². The minimum atomic E-state index is -0.468. The Balaban J connectivity index is 0.000000183. The molecule has 4 amide bonds. The summed E-state index contributed by atoms with van der Waals surface area (Å²) in [5.41, 5.74) is 5.90. The average Bonchev–Trinajstić information content (AvgIpc) is 3.55. The average molecular weight is 697 g/mol. The Hall–Kier alpha value is -5.00. The number of aromatic nitrogens is 2. The molecule has 0 spiro atoms. The van der Waals surface area contributed by atoms with E-state index in [1.165, 1.54) is 0 Å². The van der Waals surface area contributed by atoms with Crippen LogP contribution in [0.5, 0.6) is 0 Å². The molecule has 0 radical (unpaired) electrons. The van der Waals surface area contributed by atoms with E-state index in [1.807, 2.05) is 60.7 Å². The fraction of sp³-hybridized carbons (Fsp3) is 0.487. The van der Waals surface area contributed by atoms with Crippen molar-refractivity contribution in [3.8, 4) is 0 Å². The largest absolute Gasteiger partial charge is 0.445 e. The van der Waals surface area contributed by atoms with Gasteiger partial charge in [0.15, 0.2) is 0 Å². The van der Waals surface area contributed by atoms with Gasteiger partial charge < -0.3 is 31.2 Å². The van der Waals surface area contributed by atoms with Gasteiger partial charge >= 0.3 is 12.2 Å². The fourth-order valence-corrected chi connectivity index (χ4v) is 8.70. The van der Waals surface area contributed by atoms with Gasteiger partial charge in [-0.05, 0) is 88.3 Å². The van der Waals surface area contributed by atoms with Crippen molar-refractivity contribution < 1.29 is 28.7 Å². The third-order valence-corrected chi connectivity index (χ3v) is 11.3. The first-order valence-electron chi connectivity index (χ1n) is 17.9. The van der Waals surface area contributed by atoms with E-state index in [-0.39, 0.29) is 36.1 Å². The summed E-state index contributed by atoms with van der Waals surface area (Å²) >= 11 is 0. The zero-order valence-electron chi connectivity index (χ0n) is 29.2. The van der Waals surface area contributed by atoms with Gasteiger partial charge in [0, 0.05) is 17.3 Å². The van der Waals surface area contributed by atoms with Crippen LogP contribution in [0.1, 0.15) is 94.0 Å². The summed E-state index contributed by atoms with van der Waals surface area (Å²) in [6, 6.07) is 20.9. The van der Waals surface area contributed by atoms with Crippen LogP contribution in [0.15, 0.2) is 72.9 Å².